The first-order valence-electron chi connectivity index (χ1n) is 6.54. The number of hydrogen-bond acceptors (Lipinski definition) is 2. The van der Waals surface area contributed by atoms with Gasteiger partial charge in [-0.15, -0.1) is 0 Å². The summed E-state index contributed by atoms with van der Waals surface area (Å²) in [6, 6.07) is 13.7. The van der Waals surface area contributed by atoms with Crippen molar-refractivity contribution in [1.29, 1.82) is 0 Å². The molecule has 1 atom stereocenters. The van der Waals surface area contributed by atoms with Crippen molar-refractivity contribution in [2.75, 3.05) is 6.54 Å². The number of nitrogens with two attached hydrogens (primary N) is 1. The van der Waals surface area contributed by atoms with Crippen molar-refractivity contribution in [3.8, 4) is 5.75 Å². The molecule has 106 valence electrons. The van der Waals surface area contributed by atoms with Crippen molar-refractivity contribution < 1.29 is 4.74 Å². The Labute approximate surface area is 133 Å². The summed E-state index contributed by atoms with van der Waals surface area (Å²) in [5.41, 5.74) is 7.97. The third-order valence-electron chi connectivity index (χ3n) is 3.11. The van der Waals surface area contributed by atoms with Gasteiger partial charge in [0.15, 0.2) is 0 Å². The highest BCUT2D eigenvalue weighted by Gasteiger charge is 2.12. The van der Waals surface area contributed by atoms with Crippen molar-refractivity contribution in [2.24, 2.45) is 5.73 Å². The minimum absolute atomic E-state index is 0.168. The zero-order chi connectivity index (χ0) is 14.5. The highest BCUT2D eigenvalue weighted by molar-refractivity contribution is 9.10. The lowest BCUT2D eigenvalue weighted by molar-refractivity contribution is 0.214. The fourth-order valence-electron chi connectivity index (χ4n) is 2.02. The number of aryl methyl sites for hydroxylation is 1. The van der Waals surface area contributed by atoms with E-state index in [4.69, 9.17) is 22.1 Å². The second-order valence-corrected chi connectivity index (χ2v) is 5.83. The number of hydrogen-bond donors (Lipinski definition) is 1. The molecule has 2 aromatic carbocycles. The van der Waals surface area contributed by atoms with Gasteiger partial charge in [-0.25, -0.2) is 0 Å². The minimum atomic E-state index is -0.168. The summed E-state index contributed by atoms with van der Waals surface area (Å²) in [6.07, 6.45) is 0.707. The van der Waals surface area contributed by atoms with Crippen LogP contribution in [0.4, 0.5) is 0 Å². The molecular weight excluding hydrogens is 338 g/mol. The Morgan fingerprint density at radius 3 is 2.70 bits per heavy atom. The Hall–Kier alpha value is -1.03. The van der Waals surface area contributed by atoms with E-state index >= 15 is 0 Å². The summed E-state index contributed by atoms with van der Waals surface area (Å²) in [4.78, 5) is 0. The highest BCUT2D eigenvalue weighted by atomic mass is 79.9. The van der Waals surface area contributed by atoms with E-state index in [1.165, 1.54) is 0 Å². The largest absolute Gasteiger partial charge is 0.484 e. The van der Waals surface area contributed by atoms with E-state index in [1.54, 1.807) is 0 Å². The van der Waals surface area contributed by atoms with Crippen LogP contribution in [0.25, 0.3) is 0 Å². The highest BCUT2D eigenvalue weighted by Crippen LogP contribution is 2.27. The van der Waals surface area contributed by atoms with Gasteiger partial charge < -0.3 is 10.5 Å². The third kappa shape index (κ3) is 3.75. The minimum Gasteiger partial charge on any atom is -0.484 e. The Bertz CT molecular complexity index is 588. The number of ether oxygens (including phenoxy) is 1. The molecule has 0 aliphatic heterocycles. The number of benzene rings is 2. The average molecular weight is 355 g/mol. The van der Waals surface area contributed by atoms with E-state index in [0.717, 1.165) is 32.8 Å². The van der Waals surface area contributed by atoms with Crippen molar-refractivity contribution in [2.45, 2.75) is 19.4 Å². The van der Waals surface area contributed by atoms with Gasteiger partial charge in [0.05, 0.1) is 0 Å². The van der Waals surface area contributed by atoms with Crippen LogP contribution < -0.4 is 10.5 Å². The maximum atomic E-state index is 6.12. The molecule has 2 nitrogen and oxygen atoms in total. The zero-order valence-electron chi connectivity index (χ0n) is 11.3. The fraction of sp³-hybridized carbons (Fsp3) is 0.250. The van der Waals surface area contributed by atoms with Gasteiger partial charge in [-0.1, -0.05) is 46.6 Å². The van der Waals surface area contributed by atoms with Crippen LogP contribution >= 0.6 is 27.5 Å². The van der Waals surface area contributed by atoms with Gasteiger partial charge in [0.2, 0.25) is 0 Å². The van der Waals surface area contributed by atoms with E-state index in [0.29, 0.717) is 6.54 Å². The summed E-state index contributed by atoms with van der Waals surface area (Å²) < 4.78 is 7.01. The summed E-state index contributed by atoms with van der Waals surface area (Å²) in [5.74, 6) is 0.793. The van der Waals surface area contributed by atoms with Gasteiger partial charge in [0, 0.05) is 16.0 Å². The Kier molecular flexibility index (Phi) is 5.46. The summed E-state index contributed by atoms with van der Waals surface area (Å²) in [7, 11) is 0. The molecule has 0 saturated carbocycles. The molecule has 0 radical (unpaired) electrons. The van der Waals surface area contributed by atoms with Crippen LogP contribution in [0.5, 0.6) is 5.75 Å². The standard InChI is InChI=1S/C16H17BrClNO/c1-2-11-9-14(6-7-15(11)18)20-16(10-19)12-4-3-5-13(17)8-12/h3-9,16H,2,10,19H2,1H3. The maximum Gasteiger partial charge on any atom is 0.136 e. The average Bonchev–Trinajstić information content (AvgIpc) is 2.46. The van der Waals surface area contributed by atoms with Gasteiger partial charge in [0.25, 0.3) is 0 Å². The molecule has 0 aliphatic rings. The first kappa shape index (κ1) is 15.4. The molecule has 0 aromatic heterocycles. The monoisotopic (exact) mass is 353 g/mol. The molecule has 2 rings (SSSR count). The summed E-state index contributed by atoms with van der Waals surface area (Å²) in [6.45, 7) is 2.49. The molecule has 4 heteroatoms. The van der Waals surface area contributed by atoms with Crippen LogP contribution in [-0.4, -0.2) is 6.54 Å². The molecule has 2 N–H and O–H groups in total. The molecule has 20 heavy (non-hydrogen) atoms. The molecule has 0 aliphatic carbocycles. The second kappa shape index (κ2) is 7.11. The third-order valence-corrected chi connectivity index (χ3v) is 3.97. The molecule has 0 fully saturated rings. The quantitative estimate of drug-likeness (QED) is 0.841. The first-order valence-corrected chi connectivity index (χ1v) is 7.71. The van der Waals surface area contributed by atoms with Crippen LogP contribution in [0.1, 0.15) is 24.2 Å². The zero-order valence-corrected chi connectivity index (χ0v) is 13.6. The van der Waals surface area contributed by atoms with Gasteiger partial charge in [-0.2, -0.15) is 0 Å². The molecule has 0 spiro atoms. The van der Waals surface area contributed by atoms with Crippen molar-refractivity contribution in [3.63, 3.8) is 0 Å². The number of halogens is 2. The summed E-state index contributed by atoms with van der Waals surface area (Å²) >= 11 is 9.58. The predicted octanol–water partition coefficient (Wildman–Crippen LogP) is 4.74. The normalized spacial score (nSPS) is 12.2. The SMILES string of the molecule is CCc1cc(OC(CN)c2cccc(Br)c2)ccc1Cl. The van der Waals surface area contributed by atoms with Crippen molar-refractivity contribution >= 4 is 27.5 Å². The Balaban J connectivity index is 2.22. The van der Waals surface area contributed by atoms with Crippen LogP contribution in [0, 0.1) is 0 Å². The van der Waals surface area contributed by atoms with Crippen LogP contribution in [0.3, 0.4) is 0 Å². The Morgan fingerprint density at radius 1 is 1.25 bits per heavy atom. The van der Waals surface area contributed by atoms with E-state index in [-0.39, 0.29) is 6.10 Å². The van der Waals surface area contributed by atoms with Crippen LogP contribution in [0.15, 0.2) is 46.9 Å². The van der Waals surface area contributed by atoms with Gasteiger partial charge >= 0.3 is 0 Å². The molecule has 2 aromatic rings. The topological polar surface area (TPSA) is 35.2 Å². The lowest BCUT2D eigenvalue weighted by atomic mass is 10.1. The second-order valence-electron chi connectivity index (χ2n) is 4.50. The molecule has 1 unspecified atom stereocenters. The predicted molar refractivity (Wildman–Crippen MR) is 87.4 cm³/mol. The van der Waals surface area contributed by atoms with E-state index in [2.05, 4.69) is 22.9 Å². The Morgan fingerprint density at radius 2 is 2.05 bits per heavy atom. The van der Waals surface area contributed by atoms with Crippen molar-refractivity contribution in [1.82, 2.24) is 0 Å². The molecular formula is C16H17BrClNO. The van der Waals surface area contributed by atoms with E-state index in [9.17, 15) is 0 Å². The molecule has 0 amide bonds. The molecule has 0 bridgehead atoms. The van der Waals surface area contributed by atoms with Gasteiger partial charge in [-0.05, 0) is 47.9 Å². The van der Waals surface area contributed by atoms with Gasteiger partial charge in [-0.3, -0.25) is 0 Å². The van der Waals surface area contributed by atoms with Gasteiger partial charge in [0.1, 0.15) is 11.9 Å². The van der Waals surface area contributed by atoms with Crippen LogP contribution in [0.2, 0.25) is 5.02 Å². The molecule has 0 heterocycles. The fourth-order valence-corrected chi connectivity index (χ4v) is 2.69. The smallest absolute Gasteiger partial charge is 0.136 e. The molecule has 0 saturated heterocycles. The van der Waals surface area contributed by atoms with E-state index in [1.807, 2.05) is 42.5 Å². The first-order chi connectivity index (χ1) is 9.63. The lowest BCUT2D eigenvalue weighted by Crippen LogP contribution is -2.18. The van der Waals surface area contributed by atoms with Crippen molar-refractivity contribution in [3.05, 3.63) is 63.1 Å². The van der Waals surface area contributed by atoms with E-state index < -0.39 is 0 Å². The summed E-state index contributed by atoms with van der Waals surface area (Å²) in [5, 5.41) is 0.770. The number of rotatable bonds is 5. The lowest BCUT2D eigenvalue weighted by Gasteiger charge is -2.19. The van der Waals surface area contributed by atoms with Crippen LogP contribution in [-0.2, 0) is 6.42 Å². The maximum absolute atomic E-state index is 6.12.